The molecule has 0 aromatic rings. The Labute approximate surface area is 113 Å². The van der Waals surface area contributed by atoms with Crippen LogP contribution in [0.25, 0.3) is 0 Å². The molecular weight excluding hydrogens is 350 g/mol. The highest BCUT2D eigenvalue weighted by molar-refractivity contribution is 6.04. The molecule has 0 rings (SSSR count). The van der Waals surface area contributed by atoms with Gasteiger partial charge in [0.1, 0.15) is 0 Å². The third-order valence-electron chi connectivity index (χ3n) is 2.34. The smallest absolute Gasteiger partial charge is 0.460 e. The Hall–Kier alpha value is -1.76. The highest BCUT2D eigenvalue weighted by Crippen LogP contribution is 2.57. The number of carboxylic acid groups (broad SMARTS) is 1. The summed E-state index contributed by atoms with van der Waals surface area (Å²) in [4.78, 5) is 20.9. The Kier molecular flexibility index (Phi) is 4.74. The van der Waals surface area contributed by atoms with Gasteiger partial charge in [-0.1, -0.05) is 0 Å². The van der Waals surface area contributed by atoms with E-state index in [-0.39, 0.29) is 7.11 Å². The first-order valence-corrected chi connectivity index (χ1v) is 4.63. The Bertz CT molecular complexity index is 470. The zero-order valence-corrected chi connectivity index (χ0v) is 9.95. The molecule has 0 saturated carbocycles. The molecular formula is C8H4F10O4. The normalized spacial score (nSPS) is 16.9. The maximum Gasteiger partial charge on any atom is 0.460 e. The maximum absolute atomic E-state index is 13.5. The van der Waals surface area contributed by atoms with Crippen molar-refractivity contribution in [1.82, 2.24) is 0 Å². The standard InChI is InChI=1S/C8H4F10O4/c1-22-3(21)4(9,2(19)20)5(10,11)6(12,13)7(14,15)8(16,17)18/h1H3,(H,19,20). The molecule has 0 aliphatic carbocycles. The molecule has 1 unspecified atom stereocenters. The average Bonchev–Trinajstić information content (AvgIpc) is 2.34. The lowest BCUT2D eigenvalue weighted by Crippen LogP contribution is -2.71. The first-order valence-electron chi connectivity index (χ1n) is 4.63. The molecule has 130 valence electrons. The molecule has 0 aliphatic heterocycles. The van der Waals surface area contributed by atoms with Gasteiger partial charge in [0, 0.05) is 0 Å². The quantitative estimate of drug-likeness (QED) is 0.468. The van der Waals surface area contributed by atoms with Crippen LogP contribution in [0.2, 0.25) is 0 Å². The predicted molar refractivity (Wildman–Crippen MR) is 44.4 cm³/mol. The fourth-order valence-electron chi connectivity index (χ4n) is 1.08. The average molecular weight is 354 g/mol. The summed E-state index contributed by atoms with van der Waals surface area (Å²) in [5, 5.41) is 8.09. The van der Waals surface area contributed by atoms with Crippen molar-refractivity contribution in [3.05, 3.63) is 0 Å². The van der Waals surface area contributed by atoms with Gasteiger partial charge < -0.3 is 9.84 Å². The number of halogens is 10. The van der Waals surface area contributed by atoms with E-state index in [1.807, 2.05) is 0 Å². The molecule has 0 aliphatic rings. The highest BCUT2D eigenvalue weighted by Gasteiger charge is 2.89. The Balaban J connectivity index is 6.41. The van der Waals surface area contributed by atoms with Crippen LogP contribution in [-0.4, -0.2) is 53.8 Å². The topological polar surface area (TPSA) is 63.6 Å². The molecule has 1 atom stereocenters. The summed E-state index contributed by atoms with van der Waals surface area (Å²) in [6, 6.07) is 0. The molecule has 14 heteroatoms. The molecule has 0 saturated heterocycles. The molecule has 0 fully saturated rings. The number of carbonyl (C=O) groups is 2. The Morgan fingerprint density at radius 3 is 1.36 bits per heavy atom. The maximum atomic E-state index is 13.5. The van der Waals surface area contributed by atoms with Crippen LogP contribution in [0.4, 0.5) is 43.9 Å². The summed E-state index contributed by atoms with van der Waals surface area (Å²) in [6.45, 7) is 0. The summed E-state index contributed by atoms with van der Waals surface area (Å²) >= 11 is 0. The van der Waals surface area contributed by atoms with Crippen LogP contribution < -0.4 is 0 Å². The minimum absolute atomic E-state index is 0.00965. The second-order valence-corrected chi connectivity index (χ2v) is 3.68. The third-order valence-corrected chi connectivity index (χ3v) is 2.34. The second kappa shape index (κ2) is 5.15. The van der Waals surface area contributed by atoms with Crippen LogP contribution in [-0.2, 0) is 14.3 Å². The van der Waals surface area contributed by atoms with Crippen LogP contribution in [0, 0.1) is 0 Å². The zero-order chi connectivity index (χ0) is 18.4. The molecule has 0 radical (unpaired) electrons. The Morgan fingerprint density at radius 1 is 0.773 bits per heavy atom. The number of ether oxygens (including phenoxy) is 1. The van der Waals surface area contributed by atoms with Gasteiger partial charge in [-0.15, -0.1) is 0 Å². The first kappa shape index (κ1) is 20.2. The molecule has 0 aromatic carbocycles. The molecule has 0 spiro atoms. The largest absolute Gasteiger partial charge is 0.478 e. The van der Waals surface area contributed by atoms with Gasteiger partial charge in [-0.25, -0.2) is 14.0 Å². The number of esters is 1. The van der Waals surface area contributed by atoms with Crippen LogP contribution in [0.15, 0.2) is 0 Å². The number of aliphatic carboxylic acids is 1. The second-order valence-electron chi connectivity index (χ2n) is 3.68. The predicted octanol–water partition coefficient (Wildman–Crippen LogP) is 2.42. The van der Waals surface area contributed by atoms with Gasteiger partial charge in [-0.3, -0.25) is 0 Å². The minimum atomic E-state index is -7.63. The third kappa shape index (κ3) is 2.33. The summed E-state index contributed by atoms with van der Waals surface area (Å²) in [6.07, 6.45) is -7.30. The zero-order valence-electron chi connectivity index (χ0n) is 9.95. The van der Waals surface area contributed by atoms with E-state index in [0.717, 1.165) is 0 Å². The fraction of sp³-hybridized carbons (Fsp3) is 0.750. The van der Waals surface area contributed by atoms with Crippen molar-refractivity contribution in [2.24, 2.45) is 0 Å². The molecule has 4 nitrogen and oxygen atoms in total. The summed E-state index contributed by atoms with van der Waals surface area (Å²) in [7, 11) is 0.00965. The van der Waals surface area contributed by atoms with E-state index in [9.17, 15) is 53.5 Å². The van der Waals surface area contributed by atoms with Gasteiger partial charge in [-0.2, -0.15) is 39.5 Å². The van der Waals surface area contributed by atoms with E-state index in [0.29, 0.717) is 0 Å². The Morgan fingerprint density at radius 2 is 1.14 bits per heavy atom. The summed E-state index contributed by atoms with van der Waals surface area (Å²) in [5.74, 6) is -29.5. The number of rotatable bonds is 5. The monoisotopic (exact) mass is 354 g/mol. The van der Waals surface area contributed by atoms with E-state index >= 15 is 0 Å². The van der Waals surface area contributed by atoms with Gasteiger partial charge >= 0.3 is 41.6 Å². The molecule has 0 amide bonds. The van der Waals surface area contributed by atoms with Crippen molar-refractivity contribution in [3.63, 3.8) is 0 Å². The van der Waals surface area contributed by atoms with Gasteiger partial charge in [0.05, 0.1) is 7.11 Å². The van der Waals surface area contributed by atoms with Gasteiger partial charge in [0.25, 0.3) is 0 Å². The number of carbonyl (C=O) groups excluding carboxylic acids is 1. The number of hydrogen-bond acceptors (Lipinski definition) is 3. The number of methoxy groups -OCH3 is 1. The van der Waals surface area contributed by atoms with Gasteiger partial charge in [0.2, 0.25) is 0 Å². The van der Waals surface area contributed by atoms with Crippen LogP contribution in [0.5, 0.6) is 0 Å². The van der Waals surface area contributed by atoms with E-state index in [4.69, 9.17) is 5.11 Å². The van der Waals surface area contributed by atoms with E-state index in [1.54, 1.807) is 0 Å². The van der Waals surface area contributed by atoms with E-state index in [1.165, 1.54) is 0 Å². The van der Waals surface area contributed by atoms with Crippen molar-refractivity contribution in [1.29, 1.82) is 0 Å². The minimum Gasteiger partial charge on any atom is -0.478 e. The molecule has 0 bridgehead atoms. The van der Waals surface area contributed by atoms with E-state index in [2.05, 4.69) is 4.74 Å². The van der Waals surface area contributed by atoms with Gasteiger partial charge in [0.15, 0.2) is 0 Å². The number of alkyl halides is 10. The van der Waals surface area contributed by atoms with Crippen LogP contribution >= 0.6 is 0 Å². The van der Waals surface area contributed by atoms with E-state index < -0.39 is 41.6 Å². The number of carboxylic acids is 1. The number of hydrogen-bond donors (Lipinski definition) is 1. The summed E-state index contributed by atoms with van der Waals surface area (Å²) < 4.78 is 129. The van der Waals surface area contributed by atoms with Crippen molar-refractivity contribution in [2.45, 2.75) is 29.6 Å². The lowest BCUT2D eigenvalue weighted by Gasteiger charge is -2.37. The van der Waals surface area contributed by atoms with Crippen molar-refractivity contribution < 1.29 is 63.3 Å². The van der Waals surface area contributed by atoms with Crippen molar-refractivity contribution in [3.8, 4) is 0 Å². The summed E-state index contributed by atoms with van der Waals surface area (Å²) in [5.41, 5.74) is -6.19. The SMILES string of the molecule is COC(=O)C(F)(C(=O)O)C(F)(F)C(F)(F)C(F)(F)C(F)(F)F. The van der Waals surface area contributed by atoms with Crippen molar-refractivity contribution in [2.75, 3.05) is 7.11 Å². The molecule has 1 N–H and O–H groups in total. The fourth-order valence-corrected chi connectivity index (χ4v) is 1.08. The molecule has 0 aromatic heterocycles. The lowest BCUT2D eigenvalue weighted by molar-refractivity contribution is -0.407. The lowest BCUT2D eigenvalue weighted by atomic mass is 9.89. The van der Waals surface area contributed by atoms with Crippen LogP contribution in [0.1, 0.15) is 0 Å². The highest BCUT2D eigenvalue weighted by atomic mass is 19.4. The molecule has 0 heterocycles. The van der Waals surface area contributed by atoms with Gasteiger partial charge in [-0.05, 0) is 0 Å². The molecule has 22 heavy (non-hydrogen) atoms. The van der Waals surface area contributed by atoms with Crippen molar-refractivity contribution >= 4 is 11.9 Å². The first-order chi connectivity index (χ1) is 9.42. The van der Waals surface area contributed by atoms with Crippen LogP contribution in [0.3, 0.4) is 0 Å².